The van der Waals surface area contributed by atoms with Gasteiger partial charge in [0, 0.05) is 12.1 Å². The molecule has 0 bridgehead atoms. The summed E-state index contributed by atoms with van der Waals surface area (Å²) in [6.07, 6.45) is 0. The normalized spacial score (nSPS) is 17.6. The Morgan fingerprint density at radius 2 is 2.06 bits per heavy atom. The summed E-state index contributed by atoms with van der Waals surface area (Å²) in [4.78, 5) is 12.2. The Balaban J connectivity index is 2.20. The summed E-state index contributed by atoms with van der Waals surface area (Å²) in [7, 11) is 1.60. The average molecular weight is 221 g/mol. The van der Waals surface area contributed by atoms with Crippen molar-refractivity contribution >= 4 is 5.78 Å². The summed E-state index contributed by atoms with van der Waals surface area (Å²) in [6, 6.07) is 7.07. The molecule has 0 radical (unpaired) electrons. The van der Waals surface area contributed by atoms with E-state index in [4.69, 9.17) is 15.2 Å². The number of carbonyl (C=O) groups is 1. The van der Waals surface area contributed by atoms with Crippen molar-refractivity contribution in [2.24, 2.45) is 11.1 Å². The number of ketones is 1. The van der Waals surface area contributed by atoms with Gasteiger partial charge in [-0.3, -0.25) is 4.79 Å². The van der Waals surface area contributed by atoms with Gasteiger partial charge < -0.3 is 15.2 Å². The SMILES string of the molecule is COc1ccc(C(=O)C2(CN)COC2)cc1. The van der Waals surface area contributed by atoms with E-state index in [2.05, 4.69) is 0 Å². The number of benzene rings is 1. The highest BCUT2D eigenvalue weighted by atomic mass is 16.5. The molecule has 1 heterocycles. The monoisotopic (exact) mass is 221 g/mol. The molecule has 1 aliphatic heterocycles. The van der Waals surface area contributed by atoms with Crippen molar-refractivity contribution in [3.8, 4) is 5.75 Å². The smallest absolute Gasteiger partial charge is 0.174 e. The Bertz CT molecular complexity index is 376. The first kappa shape index (κ1) is 11.1. The molecular formula is C12H15NO3. The predicted octanol–water partition coefficient (Wildman–Crippen LogP) is 0.853. The summed E-state index contributed by atoms with van der Waals surface area (Å²) >= 11 is 0. The van der Waals surface area contributed by atoms with E-state index in [9.17, 15) is 4.79 Å². The van der Waals surface area contributed by atoms with Gasteiger partial charge in [-0.05, 0) is 24.3 Å². The fourth-order valence-corrected chi connectivity index (χ4v) is 1.74. The molecule has 2 rings (SSSR count). The topological polar surface area (TPSA) is 61.5 Å². The maximum Gasteiger partial charge on any atom is 0.174 e. The molecule has 0 aliphatic carbocycles. The van der Waals surface area contributed by atoms with Crippen LogP contribution in [0.15, 0.2) is 24.3 Å². The highest BCUT2D eigenvalue weighted by Gasteiger charge is 2.44. The van der Waals surface area contributed by atoms with Crippen molar-refractivity contribution in [2.75, 3.05) is 26.9 Å². The fourth-order valence-electron chi connectivity index (χ4n) is 1.74. The summed E-state index contributed by atoms with van der Waals surface area (Å²) in [5.74, 6) is 0.798. The Hall–Kier alpha value is -1.39. The maximum absolute atomic E-state index is 12.2. The molecule has 0 aromatic heterocycles. The summed E-state index contributed by atoms with van der Waals surface area (Å²) in [5, 5.41) is 0. The first-order chi connectivity index (χ1) is 7.72. The highest BCUT2D eigenvalue weighted by molar-refractivity contribution is 6.01. The van der Waals surface area contributed by atoms with Crippen molar-refractivity contribution in [2.45, 2.75) is 0 Å². The number of nitrogens with two attached hydrogens (primary N) is 1. The maximum atomic E-state index is 12.2. The van der Waals surface area contributed by atoms with Gasteiger partial charge in [-0.25, -0.2) is 0 Å². The standard InChI is InChI=1S/C12H15NO3/c1-15-10-4-2-9(3-5-10)11(14)12(6-13)7-16-8-12/h2-5H,6-8,13H2,1H3. The Morgan fingerprint density at radius 1 is 1.44 bits per heavy atom. The van der Waals surface area contributed by atoms with E-state index in [1.54, 1.807) is 31.4 Å². The molecule has 1 aliphatic rings. The number of hydrogen-bond acceptors (Lipinski definition) is 4. The van der Waals surface area contributed by atoms with Crippen LogP contribution in [0, 0.1) is 5.41 Å². The van der Waals surface area contributed by atoms with Crippen LogP contribution in [-0.4, -0.2) is 32.7 Å². The van der Waals surface area contributed by atoms with Crippen LogP contribution in [0.5, 0.6) is 5.75 Å². The number of carbonyl (C=O) groups excluding carboxylic acids is 1. The van der Waals surface area contributed by atoms with Crippen molar-refractivity contribution < 1.29 is 14.3 Å². The van der Waals surface area contributed by atoms with Crippen LogP contribution in [0.25, 0.3) is 0 Å². The van der Waals surface area contributed by atoms with Gasteiger partial charge >= 0.3 is 0 Å². The average Bonchev–Trinajstić information content (AvgIpc) is 2.28. The Morgan fingerprint density at radius 3 is 2.44 bits per heavy atom. The second-order valence-electron chi connectivity index (χ2n) is 4.03. The van der Waals surface area contributed by atoms with Crippen molar-refractivity contribution in [1.82, 2.24) is 0 Å². The van der Waals surface area contributed by atoms with Crippen LogP contribution in [0.4, 0.5) is 0 Å². The molecule has 1 aromatic rings. The quantitative estimate of drug-likeness (QED) is 0.766. The molecular weight excluding hydrogens is 206 g/mol. The molecule has 2 N–H and O–H groups in total. The summed E-state index contributed by atoms with van der Waals surface area (Å²) in [6.45, 7) is 1.18. The zero-order valence-electron chi connectivity index (χ0n) is 9.23. The molecule has 1 aromatic carbocycles. The first-order valence-corrected chi connectivity index (χ1v) is 5.18. The van der Waals surface area contributed by atoms with Crippen LogP contribution < -0.4 is 10.5 Å². The molecule has 0 unspecified atom stereocenters. The zero-order valence-corrected chi connectivity index (χ0v) is 9.23. The molecule has 1 fully saturated rings. The van der Waals surface area contributed by atoms with Gasteiger partial charge in [0.15, 0.2) is 5.78 Å². The number of hydrogen-bond donors (Lipinski definition) is 1. The number of methoxy groups -OCH3 is 1. The predicted molar refractivity (Wildman–Crippen MR) is 59.6 cm³/mol. The zero-order chi connectivity index (χ0) is 11.6. The number of ether oxygens (including phenoxy) is 2. The lowest BCUT2D eigenvalue weighted by molar-refractivity contribution is -0.0816. The molecule has 4 nitrogen and oxygen atoms in total. The van der Waals surface area contributed by atoms with E-state index in [0.717, 1.165) is 5.75 Å². The lowest BCUT2D eigenvalue weighted by Crippen LogP contribution is -2.54. The van der Waals surface area contributed by atoms with Crippen LogP contribution in [0.3, 0.4) is 0 Å². The third kappa shape index (κ3) is 1.70. The van der Waals surface area contributed by atoms with Crippen molar-refractivity contribution in [3.05, 3.63) is 29.8 Å². The minimum absolute atomic E-state index is 0.0592. The molecule has 0 spiro atoms. The van der Waals surface area contributed by atoms with Gasteiger partial charge in [0.05, 0.1) is 25.7 Å². The van der Waals surface area contributed by atoms with Crippen LogP contribution >= 0.6 is 0 Å². The second kappa shape index (κ2) is 4.23. The largest absolute Gasteiger partial charge is 0.497 e. The minimum atomic E-state index is -0.505. The van der Waals surface area contributed by atoms with Gasteiger partial charge in [0.25, 0.3) is 0 Å². The van der Waals surface area contributed by atoms with Gasteiger partial charge in [-0.1, -0.05) is 0 Å². The molecule has 4 heteroatoms. The summed E-state index contributed by atoms with van der Waals surface area (Å²) < 4.78 is 10.1. The third-order valence-electron chi connectivity index (χ3n) is 2.98. The molecule has 86 valence electrons. The van der Waals surface area contributed by atoms with E-state index in [1.807, 2.05) is 0 Å². The van der Waals surface area contributed by atoms with Gasteiger partial charge in [-0.2, -0.15) is 0 Å². The minimum Gasteiger partial charge on any atom is -0.497 e. The molecule has 16 heavy (non-hydrogen) atoms. The van der Waals surface area contributed by atoms with Crippen LogP contribution in [0.1, 0.15) is 10.4 Å². The van der Waals surface area contributed by atoms with E-state index >= 15 is 0 Å². The van der Waals surface area contributed by atoms with Crippen molar-refractivity contribution in [3.63, 3.8) is 0 Å². The molecule has 0 saturated carbocycles. The highest BCUT2D eigenvalue weighted by Crippen LogP contribution is 2.30. The lowest BCUT2D eigenvalue weighted by Gasteiger charge is -2.38. The van der Waals surface area contributed by atoms with E-state index in [0.29, 0.717) is 25.3 Å². The van der Waals surface area contributed by atoms with E-state index in [-0.39, 0.29) is 5.78 Å². The number of Topliss-reactive ketones (excluding diaryl/α,β-unsaturated/α-hetero) is 1. The van der Waals surface area contributed by atoms with Crippen molar-refractivity contribution in [1.29, 1.82) is 0 Å². The second-order valence-corrected chi connectivity index (χ2v) is 4.03. The van der Waals surface area contributed by atoms with E-state index in [1.165, 1.54) is 0 Å². The first-order valence-electron chi connectivity index (χ1n) is 5.18. The molecule has 0 amide bonds. The Labute approximate surface area is 94.3 Å². The number of rotatable bonds is 4. The fraction of sp³-hybridized carbons (Fsp3) is 0.417. The van der Waals surface area contributed by atoms with Crippen LogP contribution in [0.2, 0.25) is 0 Å². The molecule has 0 atom stereocenters. The Kier molecular flexibility index (Phi) is 2.94. The summed E-state index contributed by atoms with van der Waals surface area (Å²) in [5.41, 5.74) is 5.79. The molecule has 1 saturated heterocycles. The lowest BCUT2D eigenvalue weighted by atomic mass is 9.78. The van der Waals surface area contributed by atoms with Gasteiger partial charge in [0.2, 0.25) is 0 Å². The third-order valence-corrected chi connectivity index (χ3v) is 2.98. The van der Waals surface area contributed by atoms with E-state index < -0.39 is 5.41 Å². The van der Waals surface area contributed by atoms with Gasteiger partial charge in [0.1, 0.15) is 5.75 Å². The van der Waals surface area contributed by atoms with Crippen LogP contribution in [-0.2, 0) is 4.74 Å². The van der Waals surface area contributed by atoms with Gasteiger partial charge in [-0.15, -0.1) is 0 Å².